The zero-order chi connectivity index (χ0) is 17.9. The summed E-state index contributed by atoms with van der Waals surface area (Å²) in [7, 11) is 1.67. The van der Waals surface area contributed by atoms with E-state index >= 15 is 0 Å². The van der Waals surface area contributed by atoms with Crippen molar-refractivity contribution in [3.63, 3.8) is 0 Å². The molecule has 0 aliphatic rings. The Morgan fingerprint density at radius 1 is 1.16 bits per heavy atom. The molecule has 0 spiro atoms. The molecule has 6 heteroatoms. The van der Waals surface area contributed by atoms with E-state index in [-0.39, 0.29) is 0 Å². The fourth-order valence-corrected chi connectivity index (χ4v) is 3.07. The molecule has 0 aliphatic heterocycles. The largest absolute Gasteiger partial charge is 0.491 e. The van der Waals surface area contributed by atoms with Gasteiger partial charge in [-0.25, -0.2) is 4.99 Å². The van der Waals surface area contributed by atoms with Crippen LogP contribution in [0.15, 0.2) is 41.4 Å². The van der Waals surface area contributed by atoms with Crippen LogP contribution in [0.3, 0.4) is 0 Å². The quantitative estimate of drug-likeness (QED) is 0.409. The highest BCUT2D eigenvalue weighted by Gasteiger charge is 2.01. The molecule has 0 saturated heterocycles. The third-order valence-corrected chi connectivity index (χ3v) is 4.45. The summed E-state index contributed by atoms with van der Waals surface area (Å²) in [5.74, 6) is 1.66. The van der Waals surface area contributed by atoms with Gasteiger partial charge in [-0.3, -0.25) is 0 Å². The molecule has 0 radical (unpaired) electrons. The van der Waals surface area contributed by atoms with Crippen LogP contribution in [0.1, 0.15) is 22.2 Å². The van der Waals surface area contributed by atoms with Gasteiger partial charge in [0.25, 0.3) is 0 Å². The lowest BCUT2D eigenvalue weighted by atomic mass is 10.2. The van der Waals surface area contributed by atoms with Crippen molar-refractivity contribution in [3.8, 4) is 5.75 Å². The third kappa shape index (κ3) is 7.15. The van der Waals surface area contributed by atoms with E-state index in [4.69, 9.17) is 9.47 Å². The van der Waals surface area contributed by atoms with Gasteiger partial charge in [0.05, 0.1) is 19.7 Å². The Bertz CT molecular complexity index is 670. The molecule has 0 bridgehead atoms. The van der Waals surface area contributed by atoms with Crippen molar-refractivity contribution in [2.75, 3.05) is 26.9 Å². The molecule has 0 amide bonds. The first-order valence-corrected chi connectivity index (χ1v) is 9.31. The number of guanidine groups is 1. The van der Waals surface area contributed by atoms with Crippen molar-refractivity contribution in [3.05, 3.63) is 51.7 Å². The number of aryl methyl sites for hydroxylation is 1. The first-order valence-electron chi connectivity index (χ1n) is 8.49. The highest BCUT2D eigenvalue weighted by Crippen LogP contribution is 2.15. The van der Waals surface area contributed by atoms with Crippen molar-refractivity contribution in [1.29, 1.82) is 0 Å². The van der Waals surface area contributed by atoms with Crippen LogP contribution in [-0.2, 0) is 17.8 Å². The summed E-state index contributed by atoms with van der Waals surface area (Å²) in [5, 5.41) is 6.66. The Morgan fingerprint density at radius 3 is 2.76 bits per heavy atom. The Hall–Kier alpha value is -2.05. The number of nitrogens with one attached hydrogen (secondary N) is 2. The summed E-state index contributed by atoms with van der Waals surface area (Å²) < 4.78 is 10.6. The van der Waals surface area contributed by atoms with Gasteiger partial charge in [0, 0.05) is 23.4 Å². The summed E-state index contributed by atoms with van der Waals surface area (Å²) in [6.45, 7) is 7.53. The van der Waals surface area contributed by atoms with Crippen LogP contribution < -0.4 is 15.4 Å². The zero-order valence-electron chi connectivity index (χ0n) is 15.2. The van der Waals surface area contributed by atoms with Crippen LogP contribution >= 0.6 is 11.3 Å². The van der Waals surface area contributed by atoms with Gasteiger partial charge in [-0.15, -0.1) is 11.3 Å². The molecule has 0 aliphatic carbocycles. The maximum atomic E-state index is 5.65. The van der Waals surface area contributed by atoms with Crippen LogP contribution in [-0.4, -0.2) is 32.8 Å². The van der Waals surface area contributed by atoms with E-state index in [1.54, 1.807) is 18.4 Å². The second-order valence-corrected chi connectivity index (χ2v) is 6.92. The minimum Gasteiger partial charge on any atom is -0.491 e. The first kappa shape index (κ1) is 19.3. The zero-order valence-corrected chi connectivity index (χ0v) is 16.0. The number of thiophene rings is 1. The van der Waals surface area contributed by atoms with Crippen molar-refractivity contribution in [2.45, 2.75) is 26.9 Å². The highest BCUT2D eigenvalue weighted by atomic mass is 32.1. The maximum absolute atomic E-state index is 5.65. The number of methoxy groups -OCH3 is 1. The van der Waals surface area contributed by atoms with Gasteiger partial charge in [0.2, 0.25) is 0 Å². The number of hydrogen-bond donors (Lipinski definition) is 2. The first-order chi connectivity index (χ1) is 12.2. The molecule has 2 N–H and O–H groups in total. The van der Waals surface area contributed by atoms with Crippen LogP contribution in [0.4, 0.5) is 0 Å². The third-order valence-electron chi connectivity index (χ3n) is 3.44. The van der Waals surface area contributed by atoms with E-state index in [0.717, 1.165) is 30.4 Å². The second-order valence-electron chi connectivity index (χ2n) is 5.55. The molecule has 0 fully saturated rings. The van der Waals surface area contributed by atoms with Gasteiger partial charge in [-0.05, 0) is 43.7 Å². The molecule has 136 valence electrons. The second kappa shape index (κ2) is 10.7. The lowest BCUT2D eigenvalue weighted by Crippen LogP contribution is -2.36. The van der Waals surface area contributed by atoms with Crippen LogP contribution in [0.2, 0.25) is 0 Å². The van der Waals surface area contributed by atoms with Crippen molar-refractivity contribution in [2.24, 2.45) is 4.99 Å². The summed E-state index contributed by atoms with van der Waals surface area (Å²) in [6.07, 6.45) is 0. The topological polar surface area (TPSA) is 54.9 Å². The predicted octanol–water partition coefficient (Wildman–Crippen LogP) is 3.34. The predicted molar refractivity (Wildman–Crippen MR) is 105 cm³/mol. The average Bonchev–Trinajstić information content (AvgIpc) is 3.03. The summed E-state index contributed by atoms with van der Waals surface area (Å²) >= 11 is 1.80. The number of rotatable bonds is 9. The molecule has 5 nitrogen and oxygen atoms in total. The molecule has 2 aromatic rings. The van der Waals surface area contributed by atoms with E-state index in [2.05, 4.69) is 47.7 Å². The molecular formula is C19H27N3O2S. The van der Waals surface area contributed by atoms with E-state index in [1.807, 2.05) is 18.2 Å². The Kier molecular flexibility index (Phi) is 8.28. The molecular weight excluding hydrogens is 334 g/mol. The fraction of sp³-hybridized carbons (Fsp3) is 0.421. The Labute approximate surface area is 154 Å². The molecule has 0 atom stereocenters. The average molecular weight is 362 g/mol. The van der Waals surface area contributed by atoms with E-state index in [9.17, 15) is 0 Å². The lowest BCUT2D eigenvalue weighted by Gasteiger charge is -2.11. The van der Waals surface area contributed by atoms with E-state index in [1.165, 1.54) is 9.75 Å². The summed E-state index contributed by atoms with van der Waals surface area (Å²) in [4.78, 5) is 7.29. The van der Waals surface area contributed by atoms with Crippen molar-refractivity contribution < 1.29 is 9.47 Å². The minimum absolute atomic E-state index is 0.549. The van der Waals surface area contributed by atoms with Gasteiger partial charge in [0.1, 0.15) is 12.4 Å². The van der Waals surface area contributed by atoms with Crippen LogP contribution in [0.25, 0.3) is 0 Å². The molecule has 0 unspecified atom stereocenters. The van der Waals surface area contributed by atoms with Gasteiger partial charge in [0.15, 0.2) is 5.96 Å². The number of benzene rings is 1. The Balaban J connectivity index is 1.92. The van der Waals surface area contributed by atoms with Crippen molar-refractivity contribution in [1.82, 2.24) is 10.6 Å². The van der Waals surface area contributed by atoms with Gasteiger partial charge >= 0.3 is 0 Å². The lowest BCUT2D eigenvalue weighted by molar-refractivity contribution is 0.146. The normalized spacial score (nSPS) is 11.4. The van der Waals surface area contributed by atoms with E-state index in [0.29, 0.717) is 19.8 Å². The number of ether oxygens (including phenoxy) is 2. The van der Waals surface area contributed by atoms with Crippen LogP contribution in [0, 0.1) is 6.92 Å². The maximum Gasteiger partial charge on any atom is 0.191 e. The van der Waals surface area contributed by atoms with Crippen molar-refractivity contribution >= 4 is 17.3 Å². The number of aliphatic imine (C=N–C) groups is 1. The highest BCUT2D eigenvalue weighted by molar-refractivity contribution is 7.11. The molecule has 2 rings (SSSR count). The molecule has 1 aromatic heterocycles. The van der Waals surface area contributed by atoms with E-state index < -0.39 is 0 Å². The van der Waals surface area contributed by atoms with Crippen LogP contribution in [0.5, 0.6) is 5.75 Å². The monoisotopic (exact) mass is 361 g/mol. The van der Waals surface area contributed by atoms with Gasteiger partial charge in [-0.1, -0.05) is 12.1 Å². The standard InChI is InChI=1S/C19H27N3O2S/c1-4-20-19(22-14-18-9-8-15(2)25-18)21-13-16-6-5-7-17(12-16)24-11-10-23-3/h5-9,12H,4,10-11,13-14H2,1-3H3,(H2,20,21,22). The fourth-order valence-electron chi connectivity index (χ4n) is 2.24. The molecule has 0 saturated carbocycles. The molecule has 1 heterocycles. The summed E-state index contributed by atoms with van der Waals surface area (Å²) in [5.41, 5.74) is 1.11. The van der Waals surface area contributed by atoms with Gasteiger partial charge < -0.3 is 20.1 Å². The molecule has 25 heavy (non-hydrogen) atoms. The smallest absolute Gasteiger partial charge is 0.191 e. The molecule has 1 aromatic carbocycles. The Morgan fingerprint density at radius 2 is 2.04 bits per heavy atom. The summed E-state index contributed by atoms with van der Waals surface area (Å²) in [6, 6.07) is 12.3. The number of nitrogens with zero attached hydrogens (tertiary/aromatic N) is 1. The SMILES string of the molecule is CCNC(=NCc1cccc(OCCOC)c1)NCc1ccc(C)s1. The minimum atomic E-state index is 0.549. The number of hydrogen-bond acceptors (Lipinski definition) is 4. The van der Waals surface area contributed by atoms with Gasteiger partial charge in [-0.2, -0.15) is 0 Å².